The third-order valence-electron chi connectivity index (χ3n) is 5.17. The van der Waals surface area contributed by atoms with E-state index in [4.69, 9.17) is 9.47 Å². The van der Waals surface area contributed by atoms with Crippen LogP contribution in [0.25, 0.3) is 11.1 Å². The van der Waals surface area contributed by atoms with Crippen LogP contribution in [0.2, 0.25) is 0 Å². The zero-order valence-electron chi connectivity index (χ0n) is 16.6. The Bertz CT molecular complexity index is 1100. The first-order valence-electron chi connectivity index (χ1n) is 9.86. The number of hydrogen-bond donors (Lipinski definition) is 0. The molecular formula is C25H21F3O2. The van der Waals surface area contributed by atoms with Crippen molar-refractivity contribution in [3.05, 3.63) is 89.3 Å². The zero-order valence-corrected chi connectivity index (χ0v) is 16.6. The molecule has 0 spiro atoms. The molecule has 2 nitrogen and oxygen atoms in total. The normalized spacial score (nSPS) is 12.0. The van der Waals surface area contributed by atoms with Crippen LogP contribution in [0.1, 0.15) is 30.0 Å². The molecule has 1 heterocycles. The minimum absolute atomic E-state index is 0.0220. The van der Waals surface area contributed by atoms with E-state index in [1.165, 1.54) is 6.07 Å². The van der Waals surface area contributed by atoms with Gasteiger partial charge in [-0.2, -0.15) is 8.78 Å². The Morgan fingerprint density at radius 2 is 1.70 bits per heavy atom. The molecule has 0 saturated heterocycles. The smallest absolute Gasteiger partial charge is 0.207 e. The van der Waals surface area contributed by atoms with Crippen molar-refractivity contribution in [3.8, 4) is 28.4 Å². The maximum atomic E-state index is 14.9. The van der Waals surface area contributed by atoms with Crippen LogP contribution in [0.4, 0.5) is 13.2 Å². The molecular weight excluding hydrogens is 389 g/mol. The summed E-state index contributed by atoms with van der Waals surface area (Å²) >= 11 is 0. The van der Waals surface area contributed by atoms with Gasteiger partial charge >= 0.3 is 0 Å². The molecule has 0 aliphatic carbocycles. The summed E-state index contributed by atoms with van der Waals surface area (Å²) in [5.41, 5.74) is 2.84. The fraction of sp³-hybridized carbons (Fsp3) is 0.200. The van der Waals surface area contributed by atoms with E-state index in [1.54, 1.807) is 31.2 Å². The van der Waals surface area contributed by atoms with Crippen LogP contribution in [-0.2, 0) is 12.8 Å². The van der Waals surface area contributed by atoms with Crippen molar-refractivity contribution in [2.75, 3.05) is 6.61 Å². The Morgan fingerprint density at radius 3 is 2.40 bits per heavy atom. The number of benzene rings is 3. The molecule has 0 atom stereocenters. The Labute approximate surface area is 173 Å². The highest BCUT2D eigenvalue weighted by molar-refractivity contribution is 5.69. The van der Waals surface area contributed by atoms with Gasteiger partial charge in [0.15, 0.2) is 23.1 Å². The van der Waals surface area contributed by atoms with E-state index in [0.29, 0.717) is 16.7 Å². The van der Waals surface area contributed by atoms with Crippen molar-refractivity contribution in [2.24, 2.45) is 0 Å². The molecule has 0 N–H and O–H groups in total. The third-order valence-corrected chi connectivity index (χ3v) is 5.17. The molecule has 4 rings (SSSR count). The summed E-state index contributed by atoms with van der Waals surface area (Å²) in [6.45, 7) is 5.72. The molecule has 5 heteroatoms. The third kappa shape index (κ3) is 3.56. The molecule has 3 aromatic carbocycles. The minimum Gasteiger partial charge on any atom is -0.491 e. The predicted molar refractivity (Wildman–Crippen MR) is 111 cm³/mol. The summed E-state index contributed by atoms with van der Waals surface area (Å²) in [5.74, 6) is -3.22. The standard InChI is InChI=1S/C25H21F3O2/c1-3-5-6-15-7-9-16(10-8-15)19-14-18-13-17-11-12-20(29-4-2)22(27)24(17)30-25(18)23(28)21(19)26/h3,7-12,14H,1,4-6,13H2,2H3. The molecule has 3 aromatic rings. The van der Waals surface area contributed by atoms with Gasteiger partial charge in [-0.05, 0) is 43.0 Å². The molecule has 0 bridgehead atoms. The van der Waals surface area contributed by atoms with Crippen LogP contribution in [0, 0.1) is 17.5 Å². The molecule has 0 amide bonds. The van der Waals surface area contributed by atoms with Gasteiger partial charge in [0.2, 0.25) is 11.6 Å². The molecule has 1 aliphatic rings. The van der Waals surface area contributed by atoms with E-state index in [2.05, 4.69) is 6.58 Å². The first-order valence-corrected chi connectivity index (χ1v) is 9.86. The summed E-state index contributed by atoms with van der Waals surface area (Å²) in [6.07, 6.45) is 3.75. The van der Waals surface area contributed by atoms with Gasteiger partial charge in [0.05, 0.1) is 6.61 Å². The minimum atomic E-state index is -1.12. The second kappa shape index (κ2) is 8.27. The number of allylic oxidation sites excluding steroid dienone is 1. The Kier molecular flexibility index (Phi) is 5.53. The second-order valence-electron chi connectivity index (χ2n) is 7.14. The highest BCUT2D eigenvalue weighted by Gasteiger charge is 2.29. The molecule has 0 fully saturated rings. The second-order valence-corrected chi connectivity index (χ2v) is 7.14. The number of fused-ring (bicyclic) bond motifs is 2. The van der Waals surface area contributed by atoms with Crippen LogP contribution in [-0.4, -0.2) is 6.61 Å². The van der Waals surface area contributed by atoms with Crippen molar-refractivity contribution in [1.82, 2.24) is 0 Å². The highest BCUT2D eigenvalue weighted by atomic mass is 19.2. The average Bonchev–Trinajstić information content (AvgIpc) is 2.76. The molecule has 0 unspecified atom stereocenters. The fourth-order valence-electron chi connectivity index (χ4n) is 3.64. The van der Waals surface area contributed by atoms with Gasteiger partial charge < -0.3 is 9.47 Å². The quantitative estimate of drug-likeness (QED) is 0.319. The highest BCUT2D eigenvalue weighted by Crippen LogP contribution is 2.44. The zero-order chi connectivity index (χ0) is 21.3. The van der Waals surface area contributed by atoms with E-state index < -0.39 is 17.5 Å². The molecule has 1 aliphatic heterocycles. The maximum Gasteiger partial charge on any atom is 0.207 e. The van der Waals surface area contributed by atoms with Gasteiger partial charge in [0.25, 0.3) is 0 Å². The number of ether oxygens (including phenoxy) is 2. The lowest BCUT2D eigenvalue weighted by Gasteiger charge is -2.23. The van der Waals surface area contributed by atoms with Gasteiger partial charge in [0, 0.05) is 23.1 Å². The largest absolute Gasteiger partial charge is 0.491 e. The van der Waals surface area contributed by atoms with Gasteiger partial charge in [0.1, 0.15) is 0 Å². The van der Waals surface area contributed by atoms with Crippen molar-refractivity contribution >= 4 is 0 Å². The lowest BCUT2D eigenvalue weighted by molar-refractivity contribution is 0.310. The molecule has 0 saturated carbocycles. The summed E-state index contributed by atoms with van der Waals surface area (Å²) in [4.78, 5) is 0. The first-order chi connectivity index (χ1) is 14.5. The van der Waals surface area contributed by atoms with E-state index in [0.717, 1.165) is 18.4 Å². The van der Waals surface area contributed by atoms with Crippen LogP contribution in [0.15, 0.2) is 55.1 Å². The SMILES string of the molecule is C=CCCc1ccc(-c2cc3c(c(F)c2F)Oc2c(ccc(OCC)c2F)C3)cc1. The van der Waals surface area contributed by atoms with Gasteiger partial charge in [-0.1, -0.05) is 36.4 Å². The summed E-state index contributed by atoms with van der Waals surface area (Å²) in [5, 5.41) is 0. The molecule has 30 heavy (non-hydrogen) atoms. The van der Waals surface area contributed by atoms with Crippen molar-refractivity contribution < 1.29 is 22.6 Å². The number of halogens is 3. The Hall–Kier alpha value is -3.21. The fourth-order valence-corrected chi connectivity index (χ4v) is 3.64. The van der Waals surface area contributed by atoms with Crippen molar-refractivity contribution in [2.45, 2.75) is 26.2 Å². The van der Waals surface area contributed by atoms with Gasteiger partial charge in [-0.25, -0.2) is 4.39 Å². The van der Waals surface area contributed by atoms with Gasteiger partial charge in [-0.3, -0.25) is 0 Å². The van der Waals surface area contributed by atoms with Crippen LogP contribution in [0.5, 0.6) is 17.2 Å². The van der Waals surface area contributed by atoms with E-state index in [9.17, 15) is 13.2 Å². The van der Waals surface area contributed by atoms with Crippen LogP contribution in [0.3, 0.4) is 0 Å². The van der Waals surface area contributed by atoms with E-state index >= 15 is 0 Å². The Balaban J connectivity index is 1.71. The average molecular weight is 410 g/mol. The topological polar surface area (TPSA) is 18.5 Å². The van der Waals surface area contributed by atoms with E-state index in [1.807, 2.05) is 18.2 Å². The Morgan fingerprint density at radius 1 is 0.967 bits per heavy atom. The van der Waals surface area contributed by atoms with Crippen molar-refractivity contribution in [1.29, 1.82) is 0 Å². The number of rotatable bonds is 6. The lowest BCUT2D eigenvalue weighted by Crippen LogP contribution is -2.10. The van der Waals surface area contributed by atoms with Gasteiger partial charge in [-0.15, -0.1) is 6.58 Å². The van der Waals surface area contributed by atoms with Crippen LogP contribution >= 0.6 is 0 Å². The summed E-state index contributed by atoms with van der Waals surface area (Å²) < 4.78 is 55.1. The number of hydrogen-bond acceptors (Lipinski definition) is 2. The summed E-state index contributed by atoms with van der Waals surface area (Å²) in [6, 6.07) is 12.1. The molecule has 0 radical (unpaired) electrons. The lowest BCUT2D eigenvalue weighted by atomic mass is 9.94. The summed E-state index contributed by atoms with van der Waals surface area (Å²) in [7, 11) is 0. The molecule has 154 valence electrons. The maximum absolute atomic E-state index is 14.9. The molecule has 0 aromatic heterocycles. The predicted octanol–water partition coefficient (Wildman–Crippen LogP) is 6.98. The monoisotopic (exact) mass is 410 g/mol. The van der Waals surface area contributed by atoms with Crippen molar-refractivity contribution in [3.63, 3.8) is 0 Å². The van der Waals surface area contributed by atoms with E-state index in [-0.39, 0.29) is 35.8 Å². The number of aryl methyl sites for hydroxylation is 1. The first kappa shape index (κ1) is 20.1. The van der Waals surface area contributed by atoms with Crippen LogP contribution < -0.4 is 9.47 Å².